The van der Waals surface area contributed by atoms with Gasteiger partial charge in [0.05, 0.1) is 7.11 Å². The molecule has 0 bridgehead atoms. The first kappa shape index (κ1) is 8.85. The lowest BCUT2D eigenvalue weighted by atomic mass is 9.93. The maximum Gasteiger partial charge on any atom is 0.150 e. The van der Waals surface area contributed by atoms with Crippen molar-refractivity contribution in [1.29, 1.82) is 0 Å². The van der Waals surface area contributed by atoms with Crippen LogP contribution >= 0.6 is 0 Å². The van der Waals surface area contributed by atoms with Gasteiger partial charge in [-0.2, -0.15) is 0 Å². The SMILES string of the molecule is BCc1cc(OC)ccc1C=O. The molecule has 0 aliphatic heterocycles. The monoisotopic (exact) mass is 162 g/mol. The second-order valence-corrected chi connectivity index (χ2v) is 2.54. The summed E-state index contributed by atoms with van der Waals surface area (Å²) in [6, 6.07) is 5.47. The normalized spacial score (nSPS) is 9.42. The molecule has 1 aromatic rings. The summed E-state index contributed by atoms with van der Waals surface area (Å²) in [7, 11) is 3.64. The largest absolute Gasteiger partial charge is 0.497 e. The lowest BCUT2D eigenvalue weighted by molar-refractivity contribution is 0.112. The quantitative estimate of drug-likeness (QED) is 0.481. The van der Waals surface area contributed by atoms with Crippen molar-refractivity contribution in [2.75, 3.05) is 7.11 Å². The number of aldehydes is 1. The summed E-state index contributed by atoms with van der Waals surface area (Å²) in [4.78, 5) is 10.5. The number of carbonyl (C=O) groups excluding carboxylic acids is 1. The first-order valence-corrected chi connectivity index (χ1v) is 3.94. The van der Waals surface area contributed by atoms with Crippen LogP contribution in [0.15, 0.2) is 18.2 Å². The van der Waals surface area contributed by atoms with Crippen LogP contribution in [0.25, 0.3) is 0 Å². The van der Waals surface area contributed by atoms with Crippen LogP contribution in [-0.2, 0) is 6.32 Å². The van der Waals surface area contributed by atoms with Crippen LogP contribution in [0.5, 0.6) is 5.75 Å². The van der Waals surface area contributed by atoms with Gasteiger partial charge >= 0.3 is 0 Å². The van der Waals surface area contributed by atoms with Crippen molar-refractivity contribution in [1.82, 2.24) is 0 Å². The summed E-state index contributed by atoms with van der Waals surface area (Å²) < 4.78 is 5.04. The molecule has 0 fully saturated rings. The average Bonchev–Trinajstić information content (AvgIpc) is 2.16. The second-order valence-electron chi connectivity index (χ2n) is 2.54. The lowest BCUT2D eigenvalue weighted by Gasteiger charge is -2.04. The number of carbonyl (C=O) groups is 1. The van der Waals surface area contributed by atoms with Gasteiger partial charge in [0.1, 0.15) is 19.9 Å². The third-order valence-corrected chi connectivity index (χ3v) is 1.86. The molecule has 0 N–H and O–H groups in total. The minimum atomic E-state index is 0.748. The topological polar surface area (TPSA) is 26.3 Å². The van der Waals surface area contributed by atoms with Crippen molar-refractivity contribution >= 4 is 14.1 Å². The maximum atomic E-state index is 10.5. The Labute approximate surface area is 73.0 Å². The number of hydrogen-bond acceptors (Lipinski definition) is 2. The van der Waals surface area contributed by atoms with Crippen molar-refractivity contribution in [2.24, 2.45) is 0 Å². The molecule has 12 heavy (non-hydrogen) atoms. The molecular formula is C9H11BO2. The Morgan fingerprint density at radius 3 is 2.83 bits per heavy atom. The zero-order valence-electron chi connectivity index (χ0n) is 7.33. The van der Waals surface area contributed by atoms with Crippen molar-refractivity contribution in [2.45, 2.75) is 6.32 Å². The maximum absolute atomic E-state index is 10.5. The van der Waals surface area contributed by atoms with E-state index in [0.717, 1.165) is 29.5 Å². The van der Waals surface area contributed by atoms with Gasteiger partial charge in [-0.05, 0) is 23.8 Å². The Morgan fingerprint density at radius 2 is 2.33 bits per heavy atom. The molecule has 0 aromatic heterocycles. The van der Waals surface area contributed by atoms with Crippen LogP contribution in [-0.4, -0.2) is 21.2 Å². The lowest BCUT2D eigenvalue weighted by Crippen LogP contribution is -1.94. The van der Waals surface area contributed by atoms with Gasteiger partial charge in [0.15, 0.2) is 0 Å². The molecule has 3 heteroatoms. The third kappa shape index (κ3) is 1.67. The molecule has 0 saturated heterocycles. The molecule has 62 valence electrons. The molecule has 0 amide bonds. The van der Waals surface area contributed by atoms with E-state index in [2.05, 4.69) is 0 Å². The Balaban J connectivity index is 3.10. The summed E-state index contributed by atoms with van der Waals surface area (Å²) >= 11 is 0. The van der Waals surface area contributed by atoms with Crippen LogP contribution in [0.4, 0.5) is 0 Å². The molecule has 0 radical (unpaired) electrons. The predicted octanol–water partition coefficient (Wildman–Crippen LogP) is 0.641. The smallest absolute Gasteiger partial charge is 0.150 e. The summed E-state index contributed by atoms with van der Waals surface area (Å²) in [5.41, 5.74) is 1.78. The van der Waals surface area contributed by atoms with Gasteiger partial charge in [0, 0.05) is 5.56 Å². The average molecular weight is 162 g/mol. The van der Waals surface area contributed by atoms with Gasteiger partial charge in [-0.15, -0.1) is 0 Å². The number of methoxy groups -OCH3 is 1. The summed E-state index contributed by atoms with van der Waals surface area (Å²) in [5, 5.41) is 0. The Hall–Kier alpha value is -1.25. The zero-order chi connectivity index (χ0) is 8.97. The van der Waals surface area contributed by atoms with E-state index in [-0.39, 0.29) is 0 Å². The molecule has 0 saturated carbocycles. The van der Waals surface area contributed by atoms with Gasteiger partial charge < -0.3 is 4.74 Å². The highest BCUT2D eigenvalue weighted by atomic mass is 16.5. The zero-order valence-corrected chi connectivity index (χ0v) is 7.33. The van der Waals surface area contributed by atoms with E-state index >= 15 is 0 Å². The van der Waals surface area contributed by atoms with E-state index in [1.54, 1.807) is 19.2 Å². The third-order valence-electron chi connectivity index (χ3n) is 1.86. The molecule has 1 aromatic carbocycles. The number of ether oxygens (including phenoxy) is 1. The second kappa shape index (κ2) is 3.95. The number of rotatable bonds is 3. The Morgan fingerprint density at radius 1 is 1.58 bits per heavy atom. The standard InChI is InChI=1S/C9H11BO2/c1-12-9-3-2-7(6-11)8(4-9)5-10/h2-4,6H,5,10H2,1H3. The highest BCUT2D eigenvalue weighted by molar-refractivity contribution is 6.09. The summed E-state index contributed by atoms with van der Waals surface area (Å²) in [6.07, 6.45) is 1.73. The van der Waals surface area contributed by atoms with Crippen LogP contribution < -0.4 is 4.74 Å². The van der Waals surface area contributed by atoms with Crippen molar-refractivity contribution in [3.63, 3.8) is 0 Å². The van der Waals surface area contributed by atoms with E-state index in [4.69, 9.17) is 4.74 Å². The fraction of sp³-hybridized carbons (Fsp3) is 0.222. The van der Waals surface area contributed by atoms with Crippen molar-refractivity contribution < 1.29 is 9.53 Å². The molecule has 2 nitrogen and oxygen atoms in total. The highest BCUT2D eigenvalue weighted by Gasteiger charge is 2.00. The van der Waals surface area contributed by atoms with Crippen molar-refractivity contribution in [3.05, 3.63) is 29.3 Å². The van der Waals surface area contributed by atoms with E-state index in [9.17, 15) is 4.79 Å². The molecule has 0 aliphatic rings. The van der Waals surface area contributed by atoms with E-state index in [1.807, 2.05) is 13.9 Å². The highest BCUT2D eigenvalue weighted by Crippen LogP contribution is 2.15. The molecule has 0 unspecified atom stereocenters. The van der Waals surface area contributed by atoms with Crippen LogP contribution in [0.1, 0.15) is 15.9 Å². The molecular weight excluding hydrogens is 151 g/mol. The molecule has 0 heterocycles. The van der Waals surface area contributed by atoms with Gasteiger partial charge in [-0.1, -0.05) is 6.32 Å². The Kier molecular flexibility index (Phi) is 2.91. The Bertz CT molecular complexity index is 284. The summed E-state index contributed by atoms with van der Waals surface area (Å²) in [6.45, 7) is 0. The first-order chi connectivity index (χ1) is 5.81. The number of benzene rings is 1. The van der Waals surface area contributed by atoms with Gasteiger partial charge in [-0.25, -0.2) is 0 Å². The van der Waals surface area contributed by atoms with Crippen LogP contribution in [0.2, 0.25) is 0 Å². The van der Waals surface area contributed by atoms with Crippen LogP contribution in [0.3, 0.4) is 0 Å². The predicted molar refractivity (Wildman–Crippen MR) is 50.6 cm³/mol. The van der Waals surface area contributed by atoms with E-state index in [0.29, 0.717) is 0 Å². The number of hydrogen-bond donors (Lipinski definition) is 0. The fourth-order valence-electron chi connectivity index (χ4n) is 1.13. The summed E-state index contributed by atoms with van der Waals surface area (Å²) in [5.74, 6) is 0.803. The molecule has 0 atom stereocenters. The van der Waals surface area contributed by atoms with E-state index < -0.39 is 0 Å². The fourth-order valence-corrected chi connectivity index (χ4v) is 1.13. The minimum absolute atomic E-state index is 0.748. The van der Waals surface area contributed by atoms with Gasteiger partial charge in [0.25, 0.3) is 0 Å². The minimum Gasteiger partial charge on any atom is -0.497 e. The van der Waals surface area contributed by atoms with Crippen molar-refractivity contribution in [3.8, 4) is 5.75 Å². The molecule has 0 spiro atoms. The van der Waals surface area contributed by atoms with Crippen LogP contribution in [0, 0.1) is 0 Å². The van der Waals surface area contributed by atoms with Gasteiger partial charge in [-0.3, -0.25) is 4.79 Å². The molecule has 0 aliphatic carbocycles. The van der Waals surface area contributed by atoms with Gasteiger partial charge in [0.2, 0.25) is 0 Å². The molecule has 1 rings (SSSR count). The van der Waals surface area contributed by atoms with E-state index in [1.165, 1.54) is 0 Å². The first-order valence-electron chi connectivity index (χ1n) is 3.94.